The van der Waals surface area contributed by atoms with E-state index in [-0.39, 0.29) is 19.1 Å². The van der Waals surface area contributed by atoms with Crippen molar-refractivity contribution in [2.45, 2.75) is 20.1 Å². The molecule has 3 aromatic rings. The Hall–Kier alpha value is -3.13. The lowest BCUT2D eigenvalue weighted by Crippen LogP contribution is -2.21. The van der Waals surface area contributed by atoms with Crippen LogP contribution < -0.4 is 14.8 Å². The van der Waals surface area contributed by atoms with Gasteiger partial charge in [0.05, 0.1) is 12.8 Å². The highest BCUT2D eigenvalue weighted by Gasteiger charge is 2.13. The van der Waals surface area contributed by atoms with Gasteiger partial charge >= 0.3 is 0 Å². The molecule has 1 aromatic heterocycles. The van der Waals surface area contributed by atoms with E-state index < -0.39 is 0 Å². The lowest BCUT2D eigenvalue weighted by molar-refractivity contribution is -0.117. The number of para-hydroxylation sites is 1. The van der Waals surface area contributed by atoms with Crippen LogP contribution >= 0.6 is 11.6 Å². The SMILES string of the molecule is COc1cc(Cl)c(C)cc1NC(=O)Cn1nnc(COc2ccccc2)n1. The number of benzene rings is 2. The topological polar surface area (TPSA) is 91.2 Å². The Morgan fingerprint density at radius 1 is 1.26 bits per heavy atom. The molecule has 0 unspecified atom stereocenters. The molecule has 0 spiro atoms. The van der Waals surface area contributed by atoms with Gasteiger partial charge in [0.2, 0.25) is 11.7 Å². The van der Waals surface area contributed by atoms with E-state index in [1.54, 1.807) is 12.1 Å². The second-order valence-electron chi connectivity index (χ2n) is 5.69. The van der Waals surface area contributed by atoms with Gasteiger partial charge in [-0.25, -0.2) is 0 Å². The number of nitrogens with zero attached hydrogens (tertiary/aromatic N) is 4. The van der Waals surface area contributed by atoms with E-state index in [1.165, 1.54) is 11.9 Å². The third-order valence-electron chi connectivity index (χ3n) is 3.65. The van der Waals surface area contributed by atoms with Crippen molar-refractivity contribution in [2.24, 2.45) is 0 Å². The number of rotatable bonds is 7. The van der Waals surface area contributed by atoms with Gasteiger partial charge in [-0.15, -0.1) is 10.2 Å². The lowest BCUT2D eigenvalue weighted by atomic mass is 10.2. The maximum atomic E-state index is 12.3. The first-order chi connectivity index (χ1) is 13.0. The van der Waals surface area contributed by atoms with Crippen LogP contribution in [-0.2, 0) is 17.9 Å². The average molecular weight is 388 g/mol. The van der Waals surface area contributed by atoms with E-state index >= 15 is 0 Å². The van der Waals surface area contributed by atoms with Gasteiger partial charge in [0.1, 0.15) is 18.0 Å². The highest BCUT2D eigenvalue weighted by molar-refractivity contribution is 6.31. The number of methoxy groups -OCH3 is 1. The second kappa shape index (κ2) is 8.50. The zero-order valence-corrected chi connectivity index (χ0v) is 15.6. The molecule has 1 N–H and O–H groups in total. The summed E-state index contributed by atoms with van der Waals surface area (Å²) < 4.78 is 10.8. The summed E-state index contributed by atoms with van der Waals surface area (Å²) in [6, 6.07) is 12.7. The number of tetrazole rings is 1. The first kappa shape index (κ1) is 18.7. The van der Waals surface area contributed by atoms with Gasteiger partial charge in [-0.3, -0.25) is 4.79 Å². The number of hydrogen-bond donors (Lipinski definition) is 1. The first-order valence-corrected chi connectivity index (χ1v) is 8.51. The number of nitrogens with one attached hydrogen (secondary N) is 1. The Labute approximate surface area is 161 Å². The summed E-state index contributed by atoms with van der Waals surface area (Å²) in [5.74, 6) is 1.24. The van der Waals surface area contributed by atoms with Crippen LogP contribution in [0.4, 0.5) is 5.69 Å². The average Bonchev–Trinajstić information content (AvgIpc) is 3.11. The van der Waals surface area contributed by atoms with Gasteiger partial charge in [-0.05, 0) is 35.9 Å². The number of carbonyl (C=O) groups excluding carboxylic acids is 1. The molecule has 0 saturated carbocycles. The van der Waals surface area contributed by atoms with Crippen LogP contribution in [0, 0.1) is 6.92 Å². The Balaban J connectivity index is 1.59. The van der Waals surface area contributed by atoms with Crippen molar-refractivity contribution < 1.29 is 14.3 Å². The van der Waals surface area contributed by atoms with E-state index in [0.29, 0.717) is 28.0 Å². The van der Waals surface area contributed by atoms with Crippen molar-refractivity contribution in [3.05, 3.63) is 58.9 Å². The molecule has 0 aliphatic rings. The van der Waals surface area contributed by atoms with Crippen LogP contribution in [0.1, 0.15) is 11.4 Å². The van der Waals surface area contributed by atoms with Gasteiger partial charge in [-0.2, -0.15) is 4.80 Å². The van der Waals surface area contributed by atoms with Crippen LogP contribution in [-0.4, -0.2) is 33.2 Å². The highest BCUT2D eigenvalue weighted by atomic mass is 35.5. The number of halogens is 1. The second-order valence-corrected chi connectivity index (χ2v) is 6.09. The van der Waals surface area contributed by atoms with Crippen molar-refractivity contribution in [2.75, 3.05) is 12.4 Å². The van der Waals surface area contributed by atoms with Crippen LogP contribution in [0.5, 0.6) is 11.5 Å². The summed E-state index contributed by atoms with van der Waals surface area (Å²) in [6.45, 7) is 1.91. The zero-order valence-electron chi connectivity index (χ0n) is 14.8. The van der Waals surface area contributed by atoms with E-state index in [0.717, 1.165) is 5.56 Å². The van der Waals surface area contributed by atoms with Crippen LogP contribution in [0.2, 0.25) is 5.02 Å². The molecule has 8 nitrogen and oxygen atoms in total. The lowest BCUT2D eigenvalue weighted by Gasteiger charge is -2.12. The van der Waals surface area contributed by atoms with Gasteiger partial charge in [0.15, 0.2) is 6.61 Å². The van der Waals surface area contributed by atoms with E-state index in [2.05, 4.69) is 20.7 Å². The number of anilines is 1. The molecule has 0 fully saturated rings. The summed E-state index contributed by atoms with van der Waals surface area (Å²) in [7, 11) is 1.51. The number of ether oxygens (including phenoxy) is 2. The molecule has 27 heavy (non-hydrogen) atoms. The molecular weight excluding hydrogens is 370 g/mol. The Bertz CT molecular complexity index is 930. The number of carbonyl (C=O) groups is 1. The summed E-state index contributed by atoms with van der Waals surface area (Å²) in [5.41, 5.74) is 1.35. The molecule has 0 aliphatic heterocycles. The third kappa shape index (κ3) is 4.95. The minimum absolute atomic E-state index is 0.0941. The molecule has 2 aromatic carbocycles. The van der Waals surface area contributed by atoms with Crippen molar-refractivity contribution in [1.29, 1.82) is 0 Å². The summed E-state index contributed by atoms with van der Waals surface area (Å²) in [6.07, 6.45) is 0. The minimum Gasteiger partial charge on any atom is -0.495 e. The highest BCUT2D eigenvalue weighted by Crippen LogP contribution is 2.30. The molecule has 0 bridgehead atoms. The standard InChI is InChI=1S/C18H18ClN5O3/c1-12-8-15(16(26-2)9-14(12)19)20-18(25)10-24-22-17(21-23-24)11-27-13-6-4-3-5-7-13/h3-9H,10-11H2,1-2H3,(H,20,25). The normalized spacial score (nSPS) is 10.5. The Morgan fingerprint density at radius 3 is 2.78 bits per heavy atom. The predicted octanol–water partition coefficient (Wildman–Crippen LogP) is 2.86. The largest absolute Gasteiger partial charge is 0.495 e. The van der Waals surface area contributed by atoms with Crippen molar-refractivity contribution >= 4 is 23.2 Å². The molecule has 0 atom stereocenters. The summed E-state index contributed by atoms with van der Waals surface area (Å²) >= 11 is 6.07. The third-order valence-corrected chi connectivity index (χ3v) is 4.05. The van der Waals surface area contributed by atoms with E-state index in [4.69, 9.17) is 21.1 Å². The number of hydrogen-bond acceptors (Lipinski definition) is 6. The van der Waals surface area contributed by atoms with Gasteiger partial charge in [0, 0.05) is 11.1 Å². The Morgan fingerprint density at radius 2 is 2.04 bits per heavy atom. The van der Waals surface area contributed by atoms with Gasteiger partial charge in [-0.1, -0.05) is 29.8 Å². The van der Waals surface area contributed by atoms with E-state index in [9.17, 15) is 4.79 Å². The minimum atomic E-state index is -0.317. The number of aromatic nitrogens is 4. The van der Waals surface area contributed by atoms with Crippen LogP contribution in [0.25, 0.3) is 0 Å². The first-order valence-electron chi connectivity index (χ1n) is 8.13. The predicted molar refractivity (Wildman–Crippen MR) is 100.0 cm³/mol. The zero-order chi connectivity index (χ0) is 19.2. The summed E-state index contributed by atoms with van der Waals surface area (Å²) in [5, 5.41) is 15.2. The molecule has 3 rings (SSSR count). The maximum absolute atomic E-state index is 12.3. The van der Waals surface area contributed by atoms with Crippen molar-refractivity contribution in [1.82, 2.24) is 20.2 Å². The van der Waals surface area contributed by atoms with Gasteiger partial charge < -0.3 is 14.8 Å². The molecular formula is C18H18ClN5O3. The fraction of sp³-hybridized carbons (Fsp3) is 0.222. The Kier molecular flexibility index (Phi) is 5.87. The fourth-order valence-electron chi connectivity index (χ4n) is 2.31. The van der Waals surface area contributed by atoms with Crippen molar-refractivity contribution in [3.8, 4) is 11.5 Å². The van der Waals surface area contributed by atoms with Crippen LogP contribution in [0.3, 0.4) is 0 Å². The van der Waals surface area contributed by atoms with Crippen LogP contribution in [0.15, 0.2) is 42.5 Å². The number of amides is 1. The molecule has 140 valence electrons. The van der Waals surface area contributed by atoms with Gasteiger partial charge in [0.25, 0.3) is 0 Å². The number of aryl methyl sites for hydroxylation is 1. The molecule has 1 heterocycles. The molecule has 9 heteroatoms. The quantitative estimate of drug-likeness (QED) is 0.670. The molecule has 1 amide bonds. The summed E-state index contributed by atoms with van der Waals surface area (Å²) in [4.78, 5) is 13.5. The monoisotopic (exact) mass is 387 g/mol. The van der Waals surface area contributed by atoms with Crippen molar-refractivity contribution in [3.63, 3.8) is 0 Å². The molecule has 0 radical (unpaired) electrons. The molecule has 0 saturated heterocycles. The van der Waals surface area contributed by atoms with E-state index in [1.807, 2.05) is 37.3 Å². The fourth-order valence-corrected chi connectivity index (χ4v) is 2.47. The maximum Gasteiger partial charge on any atom is 0.248 e. The molecule has 0 aliphatic carbocycles. The smallest absolute Gasteiger partial charge is 0.248 e.